The molecule has 0 aliphatic carbocycles. The molecule has 1 aromatic heterocycles. The lowest BCUT2D eigenvalue weighted by Crippen LogP contribution is -2.26. The highest BCUT2D eigenvalue weighted by atomic mass is 16.2. The molecule has 0 saturated carbocycles. The fourth-order valence-corrected chi connectivity index (χ4v) is 4.10. The Hall–Kier alpha value is -4.52. The number of fused-ring (bicyclic) bond motifs is 3. The smallest absolute Gasteiger partial charge is 0.241 e. The van der Waals surface area contributed by atoms with Gasteiger partial charge >= 0.3 is 0 Å². The number of anilines is 4. The van der Waals surface area contributed by atoms with Crippen molar-refractivity contribution in [1.29, 1.82) is 0 Å². The number of hydrogen-bond donors (Lipinski definition) is 2. The van der Waals surface area contributed by atoms with E-state index in [1.54, 1.807) is 35.4 Å². The van der Waals surface area contributed by atoms with Crippen molar-refractivity contribution < 1.29 is 14.4 Å². The highest BCUT2D eigenvalue weighted by Gasteiger charge is 2.28. The predicted molar refractivity (Wildman–Crippen MR) is 132 cm³/mol. The van der Waals surface area contributed by atoms with E-state index >= 15 is 0 Å². The third-order valence-corrected chi connectivity index (χ3v) is 5.72. The van der Waals surface area contributed by atoms with E-state index in [2.05, 4.69) is 15.6 Å². The van der Waals surface area contributed by atoms with E-state index in [-0.39, 0.29) is 24.1 Å². The van der Waals surface area contributed by atoms with Gasteiger partial charge in [-0.25, -0.2) is 0 Å². The normalized spacial score (nSPS) is 13.2. The summed E-state index contributed by atoms with van der Waals surface area (Å²) < 4.78 is 0. The number of aromatic nitrogens is 1. The van der Waals surface area contributed by atoms with Crippen LogP contribution in [0.5, 0.6) is 0 Å². The molecule has 0 fully saturated rings. The molecule has 2 heterocycles. The molecule has 7 heteroatoms. The first-order chi connectivity index (χ1) is 16.6. The summed E-state index contributed by atoms with van der Waals surface area (Å²) in [6, 6.07) is 24.1. The van der Waals surface area contributed by atoms with E-state index in [4.69, 9.17) is 0 Å². The molecular weight excluding hydrogens is 428 g/mol. The van der Waals surface area contributed by atoms with Gasteiger partial charge < -0.3 is 10.6 Å². The van der Waals surface area contributed by atoms with Crippen LogP contribution in [0.2, 0.25) is 0 Å². The number of rotatable bonds is 5. The highest BCUT2D eigenvalue weighted by Crippen LogP contribution is 2.40. The van der Waals surface area contributed by atoms with E-state index in [0.717, 1.165) is 16.5 Å². The van der Waals surface area contributed by atoms with Crippen molar-refractivity contribution in [3.8, 4) is 0 Å². The number of amides is 3. The lowest BCUT2D eigenvalue weighted by Gasteiger charge is -2.23. The Bertz CT molecular complexity index is 1380. The minimum absolute atomic E-state index is 0.115. The van der Waals surface area contributed by atoms with Crippen LogP contribution in [-0.4, -0.2) is 22.7 Å². The lowest BCUT2D eigenvalue weighted by atomic mass is 10.1. The average Bonchev–Trinajstić information content (AvgIpc) is 2.98. The molecular formula is C27H22N4O3. The standard InChI is InChI=1S/C27H22N4O3/c32-24(15-11-19-6-3-4-16-28-19)29-20-9-12-21(13-10-20)31-23-14-8-18-5-1-2-7-22(18)27(23)30-25(33)17-26(31)34/h1-10,12-14,16H,11,15,17H2,(H,29,32)(H,30,33). The summed E-state index contributed by atoms with van der Waals surface area (Å²) in [5.74, 6) is -0.781. The summed E-state index contributed by atoms with van der Waals surface area (Å²) >= 11 is 0. The third-order valence-electron chi connectivity index (χ3n) is 5.72. The van der Waals surface area contributed by atoms with Crippen molar-refractivity contribution in [1.82, 2.24) is 4.98 Å². The molecule has 4 aromatic rings. The second-order valence-corrected chi connectivity index (χ2v) is 8.05. The summed E-state index contributed by atoms with van der Waals surface area (Å²) in [6.07, 6.45) is 2.32. The Morgan fingerprint density at radius 2 is 1.74 bits per heavy atom. The van der Waals surface area contributed by atoms with Gasteiger partial charge in [0.15, 0.2) is 0 Å². The van der Waals surface area contributed by atoms with E-state index in [1.165, 1.54) is 0 Å². The topological polar surface area (TPSA) is 91.4 Å². The molecule has 168 valence electrons. The van der Waals surface area contributed by atoms with E-state index < -0.39 is 0 Å². The van der Waals surface area contributed by atoms with Gasteiger partial charge in [0.1, 0.15) is 6.42 Å². The van der Waals surface area contributed by atoms with Crippen LogP contribution < -0.4 is 15.5 Å². The quantitative estimate of drug-likeness (QED) is 0.427. The third kappa shape index (κ3) is 4.36. The average molecular weight is 450 g/mol. The first kappa shape index (κ1) is 21.3. The number of aryl methyl sites for hydroxylation is 1. The van der Waals surface area contributed by atoms with Crippen LogP contribution in [0.25, 0.3) is 10.8 Å². The molecule has 0 saturated heterocycles. The Morgan fingerprint density at radius 3 is 2.53 bits per heavy atom. The van der Waals surface area contributed by atoms with Crippen LogP contribution in [-0.2, 0) is 20.8 Å². The molecule has 34 heavy (non-hydrogen) atoms. The minimum atomic E-state index is -0.345. The zero-order chi connectivity index (χ0) is 23.5. The van der Waals surface area contributed by atoms with E-state index in [1.807, 2.05) is 54.6 Å². The van der Waals surface area contributed by atoms with Crippen molar-refractivity contribution in [3.05, 3.63) is 90.8 Å². The maximum absolute atomic E-state index is 13.0. The van der Waals surface area contributed by atoms with Crippen molar-refractivity contribution in [2.45, 2.75) is 19.3 Å². The highest BCUT2D eigenvalue weighted by molar-refractivity contribution is 6.21. The van der Waals surface area contributed by atoms with Gasteiger partial charge in [0.25, 0.3) is 0 Å². The van der Waals surface area contributed by atoms with Crippen molar-refractivity contribution in [3.63, 3.8) is 0 Å². The van der Waals surface area contributed by atoms with Crippen molar-refractivity contribution >= 4 is 51.2 Å². The molecule has 0 unspecified atom stereocenters. The van der Waals surface area contributed by atoms with Crippen molar-refractivity contribution in [2.75, 3.05) is 15.5 Å². The Balaban J connectivity index is 1.38. The fraction of sp³-hybridized carbons (Fsp3) is 0.111. The molecule has 1 aliphatic rings. The van der Waals surface area contributed by atoms with Gasteiger partial charge in [-0.3, -0.25) is 24.3 Å². The summed E-state index contributed by atoms with van der Waals surface area (Å²) in [7, 11) is 0. The maximum Gasteiger partial charge on any atom is 0.241 e. The second kappa shape index (κ2) is 9.15. The molecule has 0 radical (unpaired) electrons. The van der Waals surface area contributed by atoms with Crippen LogP contribution in [0.15, 0.2) is 85.1 Å². The summed E-state index contributed by atoms with van der Waals surface area (Å²) in [5.41, 5.74) is 3.33. The maximum atomic E-state index is 13.0. The molecule has 0 atom stereocenters. The minimum Gasteiger partial charge on any atom is -0.326 e. The van der Waals surface area contributed by atoms with Gasteiger partial charge in [-0.2, -0.15) is 0 Å². The van der Waals surface area contributed by atoms with Crippen LogP contribution in [0, 0.1) is 0 Å². The van der Waals surface area contributed by atoms with Crippen LogP contribution in [0.1, 0.15) is 18.5 Å². The molecule has 5 rings (SSSR count). The number of pyridine rings is 1. The van der Waals surface area contributed by atoms with Gasteiger partial charge in [-0.05, 0) is 54.3 Å². The Kier molecular flexibility index (Phi) is 5.74. The largest absolute Gasteiger partial charge is 0.326 e. The van der Waals surface area contributed by atoms with Gasteiger partial charge in [-0.1, -0.05) is 36.4 Å². The zero-order valence-electron chi connectivity index (χ0n) is 18.3. The monoisotopic (exact) mass is 450 g/mol. The number of benzene rings is 3. The van der Waals surface area contributed by atoms with E-state index in [0.29, 0.717) is 35.6 Å². The molecule has 1 aliphatic heterocycles. The van der Waals surface area contributed by atoms with Crippen LogP contribution >= 0.6 is 0 Å². The predicted octanol–water partition coefficient (Wildman–Crippen LogP) is 4.81. The van der Waals surface area contributed by atoms with Gasteiger partial charge in [0.05, 0.1) is 11.4 Å². The molecule has 0 bridgehead atoms. The lowest BCUT2D eigenvalue weighted by molar-refractivity contribution is -0.124. The summed E-state index contributed by atoms with van der Waals surface area (Å²) in [6.45, 7) is 0. The fourth-order valence-electron chi connectivity index (χ4n) is 4.10. The first-order valence-electron chi connectivity index (χ1n) is 11.0. The molecule has 7 nitrogen and oxygen atoms in total. The molecule has 2 N–H and O–H groups in total. The summed E-state index contributed by atoms with van der Waals surface area (Å²) in [5, 5.41) is 7.61. The number of hydrogen-bond acceptors (Lipinski definition) is 4. The van der Waals surface area contributed by atoms with Crippen LogP contribution in [0.3, 0.4) is 0 Å². The molecule has 3 amide bonds. The number of nitrogens with one attached hydrogen (secondary N) is 2. The summed E-state index contributed by atoms with van der Waals surface area (Å²) in [4.78, 5) is 43.5. The van der Waals surface area contributed by atoms with E-state index in [9.17, 15) is 14.4 Å². The SMILES string of the molecule is O=C(CCc1ccccn1)Nc1ccc(N2C(=O)CC(=O)Nc3c2ccc2ccccc32)cc1. The number of carbonyl (C=O) groups excluding carboxylic acids is 3. The Labute approximate surface area is 196 Å². The van der Waals surface area contributed by atoms with Gasteiger partial charge in [0, 0.05) is 35.1 Å². The number of nitrogens with zero attached hydrogens (tertiary/aromatic N) is 2. The van der Waals surface area contributed by atoms with Gasteiger partial charge in [0.2, 0.25) is 17.7 Å². The number of carbonyl (C=O) groups is 3. The molecule has 3 aromatic carbocycles. The Morgan fingerprint density at radius 1 is 0.941 bits per heavy atom. The first-order valence-corrected chi connectivity index (χ1v) is 11.0. The van der Waals surface area contributed by atoms with Gasteiger partial charge in [-0.15, -0.1) is 0 Å². The van der Waals surface area contributed by atoms with Crippen molar-refractivity contribution in [2.24, 2.45) is 0 Å². The second-order valence-electron chi connectivity index (χ2n) is 8.05. The van der Waals surface area contributed by atoms with Crippen LogP contribution in [0.4, 0.5) is 22.7 Å². The zero-order valence-corrected chi connectivity index (χ0v) is 18.3. The molecule has 0 spiro atoms.